The predicted octanol–water partition coefficient (Wildman–Crippen LogP) is -2.91. The van der Waals surface area contributed by atoms with Gasteiger partial charge in [-0.3, -0.25) is 9.69 Å². The van der Waals surface area contributed by atoms with E-state index in [0.29, 0.717) is 23.5 Å². The zero-order chi connectivity index (χ0) is 12.0. The van der Waals surface area contributed by atoms with E-state index in [0.717, 1.165) is 0 Å². The molecule has 5 nitrogen and oxygen atoms in total. The molecule has 1 saturated heterocycles. The molecule has 0 unspecified atom stereocenters. The van der Waals surface area contributed by atoms with Gasteiger partial charge in [0.15, 0.2) is 0 Å². The number of carbonyl (C=O) groups is 2. The summed E-state index contributed by atoms with van der Waals surface area (Å²) in [6.45, 7) is 0. The molecule has 88 valence electrons. The number of amides is 1. The Morgan fingerprint density at radius 1 is 1.61 bits per heavy atom. The molecule has 0 radical (unpaired) electrons. The molecule has 3 rings (SSSR count). The number of furan rings is 1. The molecule has 7 heteroatoms. The predicted molar refractivity (Wildman–Crippen MR) is 57.3 cm³/mol. The maximum Gasteiger partial charge on any atom is 1.00 e. The summed E-state index contributed by atoms with van der Waals surface area (Å²) < 4.78 is 5.18. The summed E-state index contributed by atoms with van der Waals surface area (Å²) in [5, 5.41) is 11.0. The smallest absolute Gasteiger partial charge is 0.543 e. The summed E-state index contributed by atoms with van der Waals surface area (Å²) in [7, 11) is 0. The van der Waals surface area contributed by atoms with E-state index in [4.69, 9.17) is 4.42 Å². The van der Waals surface area contributed by atoms with Gasteiger partial charge in [0.05, 0.1) is 29.7 Å². The molecule has 0 saturated carbocycles. The summed E-state index contributed by atoms with van der Waals surface area (Å²) >= 11 is 1.40. The maximum absolute atomic E-state index is 11.3. The van der Waals surface area contributed by atoms with E-state index >= 15 is 0 Å². The van der Waals surface area contributed by atoms with Crippen LogP contribution in [0.15, 0.2) is 33.4 Å². The minimum absolute atomic E-state index is 0. The number of fused-ring (bicyclic) bond motifs is 1. The Hall–Kier alpha value is -0.690. The molecular weight excluding hydrogens is 265 g/mol. The summed E-state index contributed by atoms with van der Waals surface area (Å²) in [4.78, 5) is 24.3. The van der Waals surface area contributed by atoms with Gasteiger partial charge in [-0.25, -0.2) is 0 Å². The van der Waals surface area contributed by atoms with Crippen LogP contribution in [0.2, 0.25) is 0 Å². The molecule has 3 heterocycles. The van der Waals surface area contributed by atoms with Crippen molar-refractivity contribution in [3.05, 3.63) is 34.8 Å². The standard InChI is InChI=1S/C11H9NO4S.Na/c13-8-5-9-12(8)10(11(14)15)7(17-9)4-6-2-1-3-16-6;/h1-3,9H,4-5H2,(H,14,15);/q;+1/p-1/t9-;/m0./s1. The average molecular weight is 273 g/mol. The Kier molecular flexibility index (Phi) is 3.91. The molecule has 1 atom stereocenters. The van der Waals surface area contributed by atoms with Crippen LogP contribution in [0.3, 0.4) is 0 Å². The average Bonchev–Trinajstić information content (AvgIpc) is 2.84. The molecule has 2 aliphatic heterocycles. The van der Waals surface area contributed by atoms with Crippen LogP contribution >= 0.6 is 11.8 Å². The zero-order valence-corrected chi connectivity index (χ0v) is 12.5. The number of thioether (sulfide) groups is 1. The van der Waals surface area contributed by atoms with Crippen molar-refractivity contribution in [2.24, 2.45) is 0 Å². The van der Waals surface area contributed by atoms with E-state index in [1.165, 1.54) is 22.9 Å². The first-order chi connectivity index (χ1) is 8.16. The van der Waals surface area contributed by atoms with Gasteiger partial charge in [-0.1, -0.05) is 0 Å². The molecular formula is C11H8NNaO4S. The van der Waals surface area contributed by atoms with E-state index in [1.54, 1.807) is 12.1 Å². The van der Waals surface area contributed by atoms with Crippen molar-refractivity contribution in [1.82, 2.24) is 4.90 Å². The topological polar surface area (TPSA) is 73.6 Å². The fourth-order valence-electron chi connectivity index (χ4n) is 2.01. The van der Waals surface area contributed by atoms with Gasteiger partial charge in [0, 0.05) is 11.3 Å². The van der Waals surface area contributed by atoms with E-state index in [2.05, 4.69) is 0 Å². The number of carbonyl (C=O) groups excluding carboxylic acids is 2. The third-order valence-corrected chi connectivity index (χ3v) is 4.07. The Morgan fingerprint density at radius 2 is 2.39 bits per heavy atom. The molecule has 0 aromatic carbocycles. The van der Waals surface area contributed by atoms with Crippen molar-refractivity contribution < 1.29 is 48.7 Å². The van der Waals surface area contributed by atoms with Crippen LogP contribution in [0.25, 0.3) is 0 Å². The second kappa shape index (κ2) is 5.13. The Bertz CT molecular complexity index is 525. The van der Waals surface area contributed by atoms with Crippen LogP contribution in [-0.2, 0) is 16.0 Å². The van der Waals surface area contributed by atoms with E-state index in [-0.39, 0.29) is 46.5 Å². The van der Waals surface area contributed by atoms with E-state index in [9.17, 15) is 14.7 Å². The third kappa shape index (κ3) is 2.14. The molecule has 0 spiro atoms. The summed E-state index contributed by atoms with van der Waals surface area (Å²) in [5.41, 5.74) is 0.00708. The van der Waals surface area contributed by atoms with E-state index in [1.807, 2.05) is 0 Å². The molecule has 1 fully saturated rings. The van der Waals surface area contributed by atoms with Crippen LogP contribution in [-0.4, -0.2) is 22.2 Å². The van der Waals surface area contributed by atoms with Gasteiger partial charge in [-0.2, -0.15) is 0 Å². The second-order valence-corrected chi connectivity index (χ2v) is 5.13. The van der Waals surface area contributed by atoms with Crippen LogP contribution in [0, 0.1) is 0 Å². The Balaban J connectivity index is 0.00000120. The van der Waals surface area contributed by atoms with Gasteiger partial charge in [0.1, 0.15) is 5.76 Å². The number of carboxylic acid groups (broad SMARTS) is 1. The maximum atomic E-state index is 11.3. The first-order valence-electron chi connectivity index (χ1n) is 5.12. The van der Waals surface area contributed by atoms with Gasteiger partial charge < -0.3 is 14.3 Å². The molecule has 2 aliphatic rings. The normalized spacial score (nSPS) is 21.4. The van der Waals surface area contributed by atoms with E-state index < -0.39 is 5.97 Å². The third-order valence-electron chi connectivity index (χ3n) is 2.80. The van der Waals surface area contributed by atoms with Gasteiger partial charge >= 0.3 is 29.6 Å². The molecule has 1 aromatic heterocycles. The molecule has 0 bridgehead atoms. The van der Waals surface area contributed by atoms with Crippen LogP contribution in [0.5, 0.6) is 0 Å². The van der Waals surface area contributed by atoms with Crippen LogP contribution in [0.1, 0.15) is 12.2 Å². The van der Waals surface area contributed by atoms with Crippen molar-refractivity contribution in [3.63, 3.8) is 0 Å². The monoisotopic (exact) mass is 273 g/mol. The number of rotatable bonds is 3. The minimum atomic E-state index is -1.30. The zero-order valence-electron chi connectivity index (χ0n) is 9.71. The number of nitrogens with zero attached hydrogens (tertiary/aromatic N) is 1. The first-order valence-corrected chi connectivity index (χ1v) is 6.00. The SMILES string of the molecule is O=C([O-])C1=C(Cc2ccco2)S[C@H]2CC(=O)N12.[Na+]. The quantitative estimate of drug-likeness (QED) is 0.436. The molecule has 18 heavy (non-hydrogen) atoms. The van der Waals surface area contributed by atoms with Gasteiger partial charge in [0.25, 0.3) is 0 Å². The summed E-state index contributed by atoms with van der Waals surface area (Å²) in [6.07, 6.45) is 2.32. The number of carboxylic acids is 1. The molecule has 1 aromatic rings. The fraction of sp³-hybridized carbons (Fsp3) is 0.273. The number of allylic oxidation sites excluding steroid dienone is 1. The number of β-lactam (4-membered cyclic amide) rings is 1. The van der Waals surface area contributed by atoms with Gasteiger partial charge in [-0.05, 0) is 12.1 Å². The van der Waals surface area contributed by atoms with Crippen LogP contribution in [0.4, 0.5) is 0 Å². The van der Waals surface area contributed by atoms with Gasteiger partial charge in [-0.15, -0.1) is 11.8 Å². The van der Waals surface area contributed by atoms with Crippen molar-refractivity contribution in [1.29, 1.82) is 0 Å². The number of hydrogen-bond acceptors (Lipinski definition) is 5. The Labute approximate surface area is 129 Å². The van der Waals surface area contributed by atoms with Crippen LogP contribution < -0.4 is 34.7 Å². The fourth-order valence-corrected chi connectivity index (χ4v) is 3.42. The summed E-state index contributed by atoms with van der Waals surface area (Å²) in [5.74, 6) is -0.771. The van der Waals surface area contributed by atoms with Gasteiger partial charge in [0.2, 0.25) is 5.91 Å². The Morgan fingerprint density at radius 3 is 2.94 bits per heavy atom. The van der Waals surface area contributed by atoms with Crippen molar-refractivity contribution in [3.8, 4) is 0 Å². The number of hydrogen-bond donors (Lipinski definition) is 0. The summed E-state index contributed by atoms with van der Waals surface area (Å²) in [6, 6.07) is 3.52. The molecule has 0 N–H and O–H groups in total. The van der Waals surface area contributed by atoms with Crippen molar-refractivity contribution in [2.75, 3.05) is 0 Å². The molecule has 1 amide bonds. The van der Waals surface area contributed by atoms with Crippen molar-refractivity contribution >= 4 is 23.6 Å². The molecule has 0 aliphatic carbocycles. The second-order valence-electron chi connectivity index (χ2n) is 3.86. The largest absolute Gasteiger partial charge is 1.00 e. The first kappa shape index (κ1) is 13.7. The number of aliphatic carboxylic acids is 1. The minimum Gasteiger partial charge on any atom is -0.543 e. The van der Waals surface area contributed by atoms with Crippen molar-refractivity contribution in [2.45, 2.75) is 18.2 Å².